The Balaban J connectivity index is 1.88. The molecule has 1 aromatic rings. The van der Waals surface area contributed by atoms with E-state index in [1.165, 1.54) is 0 Å². The van der Waals surface area contributed by atoms with Crippen molar-refractivity contribution >= 4 is 34.0 Å². The average molecular weight is 289 g/mol. The average Bonchev–Trinajstić information content (AvgIpc) is 2.88. The number of halogens is 1. The smallest absolute Gasteiger partial charge is 0.309 e. The van der Waals surface area contributed by atoms with Gasteiger partial charge in [0.1, 0.15) is 0 Å². The van der Waals surface area contributed by atoms with E-state index in [1.807, 2.05) is 12.3 Å². The van der Waals surface area contributed by atoms with Crippen LogP contribution in [0.4, 0.5) is 5.13 Å². The predicted octanol–water partition coefficient (Wildman–Crippen LogP) is 2.66. The van der Waals surface area contributed by atoms with E-state index in [4.69, 9.17) is 16.3 Å². The second-order valence-corrected chi connectivity index (χ2v) is 5.37. The van der Waals surface area contributed by atoms with Crippen molar-refractivity contribution in [3.05, 3.63) is 11.1 Å². The van der Waals surface area contributed by atoms with Crippen LogP contribution in [0.1, 0.15) is 25.5 Å². The standard InChI is InChI=1S/C12H17ClN2O2S/c1-2-17-11(16)9-3-5-15(6-4-9)12-14-10(7-13)8-18-12/h8-9H,2-7H2,1H3. The van der Waals surface area contributed by atoms with Crippen molar-refractivity contribution in [3.63, 3.8) is 0 Å². The number of ether oxygens (including phenoxy) is 1. The van der Waals surface area contributed by atoms with Crippen molar-refractivity contribution in [2.75, 3.05) is 24.6 Å². The topological polar surface area (TPSA) is 42.4 Å². The summed E-state index contributed by atoms with van der Waals surface area (Å²) in [6.45, 7) is 4.03. The first kappa shape index (κ1) is 13.6. The highest BCUT2D eigenvalue weighted by molar-refractivity contribution is 7.13. The van der Waals surface area contributed by atoms with Crippen molar-refractivity contribution < 1.29 is 9.53 Å². The van der Waals surface area contributed by atoms with Gasteiger partial charge in [-0.3, -0.25) is 4.79 Å². The number of hydrogen-bond donors (Lipinski definition) is 0. The fraction of sp³-hybridized carbons (Fsp3) is 0.667. The van der Waals surface area contributed by atoms with E-state index in [0.717, 1.165) is 36.8 Å². The first-order valence-corrected chi connectivity index (χ1v) is 7.58. The van der Waals surface area contributed by atoms with E-state index in [1.54, 1.807) is 11.3 Å². The number of alkyl halides is 1. The molecule has 2 rings (SSSR count). The van der Waals surface area contributed by atoms with Crippen LogP contribution < -0.4 is 4.90 Å². The SMILES string of the molecule is CCOC(=O)C1CCN(c2nc(CCl)cs2)CC1. The number of esters is 1. The van der Waals surface area contributed by atoms with Gasteiger partial charge < -0.3 is 9.64 Å². The first-order chi connectivity index (χ1) is 8.74. The monoisotopic (exact) mass is 288 g/mol. The van der Waals surface area contributed by atoms with Crippen molar-refractivity contribution in [2.24, 2.45) is 5.92 Å². The summed E-state index contributed by atoms with van der Waals surface area (Å²) in [5.41, 5.74) is 0.921. The molecule has 1 aliphatic rings. The largest absolute Gasteiger partial charge is 0.466 e. The number of anilines is 1. The summed E-state index contributed by atoms with van der Waals surface area (Å²) in [7, 11) is 0. The van der Waals surface area contributed by atoms with Crippen LogP contribution in [-0.4, -0.2) is 30.6 Å². The van der Waals surface area contributed by atoms with Gasteiger partial charge in [0.15, 0.2) is 5.13 Å². The maximum atomic E-state index is 11.6. The third-order valence-electron chi connectivity index (χ3n) is 3.06. The highest BCUT2D eigenvalue weighted by Gasteiger charge is 2.27. The molecular formula is C12H17ClN2O2S. The van der Waals surface area contributed by atoms with E-state index < -0.39 is 0 Å². The Bertz CT molecular complexity index is 403. The van der Waals surface area contributed by atoms with Crippen LogP contribution >= 0.6 is 22.9 Å². The molecule has 0 unspecified atom stereocenters. The lowest BCUT2D eigenvalue weighted by Gasteiger charge is -2.30. The van der Waals surface area contributed by atoms with Crippen LogP contribution in [0.5, 0.6) is 0 Å². The van der Waals surface area contributed by atoms with Crippen molar-refractivity contribution in [1.29, 1.82) is 0 Å². The molecule has 0 radical (unpaired) electrons. The number of rotatable bonds is 4. The molecule has 0 N–H and O–H groups in total. The molecule has 6 heteroatoms. The Hall–Kier alpha value is -0.810. The van der Waals surface area contributed by atoms with Gasteiger partial charge in [-0.15, -0.1) is 22.9 Å². The lowest BCUT2D eigenvalue weighted by atomic mass is 9.97. The molecule has 0 saturated carbocycles. The summed E-state index contributed by atoms with van der Waals surface area (Å²) in [6, 6.07) is 0. The van der Waals surface area contributed by atoms with E-state index >= 15 is 0 Å². The minimum atomic E-state index is -0.0577. The maximum absolute atomic E-state index is 11.6. The van der Waals surface area contributed by atoms with E-state index in [-0.39, 0.29) is 11.9 Å². The van der Waals surface area contributed by atoms with Gasteiger partial charge in [-0.05, 0) is 19.8 Å². The molecule has 0 spiro atoms. The number of aromatic nitrogens is 1. The lowest BCUT2D eigenvalue weighted by Crippen LogP contribution is -2.36. The second-order valence-electron chi connectivity index (χ2n) is 4.27. The molecule has 1 saturated heterocycles. The Labute approximate surface area is 116 Å². The van der Waals surface area contributed by atoms with E-state index in [0.29, 0.717) is 12.5 Å². The number of carbonyl (C=O) groups is 1. The van der Waals surface area contributed by atoms with Crippen LogP contribution in [0.2, 0.25) is 0 Å². The summed E-state index contributed by atoms with van der Waals surface area (Å²) >= 11 is 7.36. The minimum absolute atomic E-state index is 0.0497. The molecule has 0 amide bonds. The molecule has 0 bridgehead atoms. The summed E-state index contributed by atoms with van der Waals surface area (Å²) < 4.78 is 5.06. The molecule has 0 atom stereocenters. The quantitative estimate of drug-likeness (QED) is 0.631. The molecule has 0 aliphatic carbocycles. The second kappa shape index (κ2) is 6.38. The highest BCUT2D eigenvalue weighted by atomic mass is 35.5. The fourth-order valence-corrected chi connectivity index (χ4v) is 3.18. The molecular weight excluding hydrogens is 272 g/mol. The summed E-state index contributed by atoms with van der Waals surface area (Å²) in [5, 5.41) is 2.99. The number of carbonyl (C=O) groups excluding carboxylic acids is 1. The zero-order valence-corrected chi connectivity index (χ0v) is 12.0. The van der Waals surface area contributed by atoms with Crippen molar-refractivity contribution in [3.8, 4) is 0 Å². The van der Waals surface area contributed by atoms with Gasteiger partial charge in [0.05, 0.1) is 24.1 Å². The normalized spacial score (nSPS) is 16.9. The predicted molar refractivity (Wildman–Crippen MR) is 73.2 cm³/mol. The van der Waals surface area contributed by atoms with Gasteiger partial charge >= 0.3 is 5.97 Å². The van der Waals surface area contributed by atoms with Crippen molar-refractivity contribution in [1.82, 2.24) is 4.98 Å². The van der Waals surface area contributed by atoms with Gasteiger partial charge in [0.2, 0.25) is 0 Å². The Morgan fingerprint density at radius 3 is 2.89 bits per heavy atom. The van der Waals surface area contributed by atoms with Crippen LogP contribution in [0, 0.1) is 5.92 Å². The first-order valence-electron chi connectivity index (χ1n) is 6.16. The molecule has 2 heterocycles. The Morgan fingerprint density at radius 1 is 1.61 bits per heavy atom. The Kier molecular flexibility index (Phi) is 4.83. The van der Waals surface area contributed by atoms with Crippen molar-refractivity contribution in [2.45, 2.75) is 25.6 Å². The number of hydrogen-bond acceptors (Lipinski definition) is 5. The number of nitrogens with zero attached hydrogens (tertiary/aromatic N) is 2. The number of piperidine rings is 1. The van der Waals surface area contributed by atoms with Crippen LogP contribution in [0.3, 0.4) is 0 Å². The molecule has 1 aliphatic heterocycles. The van der Waals surface area contributed by atoms with Gasteiger partial charge in [0.25, 0.3) is 0 Å². The molecule has 1 aromatic heterocycles. The zero-order chi connectivity index (χ0) is 13.0. The summed E-state index contributed by atoms with van der Waals surface area (Å²) in [6.07, 6.45) is 1.68. The maximum Gasteiger partial charge on any atom is 0.309 e. The van der Waals surface area contributed by atoms with Gasteiger partial charge in [-0.2, -0.15) is 0 Å². The molecule has 0 aromatic carbocycles. The Morgan fingerprint density at radius 2 is 2.33 bits per heavy atom. The minimum Gasteiger partial charge on any atom is -0.466 e. The van der Waals surface area contributed by atoms with Gasteiger partial charge in [0, 0.05) is 18.5 Å². The number of thiazole rings is 1. The van der Waals surface area contributed by atoms with E-state index in [2.05, 4.69) is 9.88 Å². The van der Waals surface area contributed by atoms with Gasteiger partial charge in [-0.25, -0.2) is 4.98 Å². The molecule has 18 heavy (non-hydrogen) atoms. The third kappa shape index (κ3) is 3.14. The van der Waals surface area contributed by atoms with Gasteiger partial charge in [-0.1, -0.05) is 0 Å². The van der Waals surface area contributed by atoms with E-state index in [9.17, 15) is 4.79 Å². The molecule has 100 valence electrons. The fourth-order valence-electron chi connectivity index (χ4n) is 2.07. The van der Waals surface area contributed by atoms with Crippen LogP contribution in [0.25, 0.3) is 0 Å². The lowest BCUT2D eigenvalue weighted by molar-refractivity contribution is -0.148. The van der Waals surface area contributed by atoms with Crippen LogP contribution in [0.15, 0.2) is 5.38 Å². The zero-order valence-electron chi connectivity index (χ0n) is 10.4. The summed E-state index contributed by atoms with van der Waals surface area (Å²) in [5.74, 6) is 0.446. The third-order valence-corrected chi connectivity index (χ3v) is 4.29. The highest BCUT2D eigenvalue weighted by Crippen LogP contribution is 2.27. The molecule has 4 nitrogen and oxygen atoms in total. The molecule has 1 fully saturated rings. The summed E-state index contributed by atoms with van der Waals surface area (Å²) in [4.78, 5) is 18.3. The van der Waals surface area contributed by atoms with Crippen LogP contribution in [-0.2, 0) is 15.4 Å².